The van der Waals surface area contributed by atoms with Crippen molar-refractivity contribution in [1.29, 1.82) is 0 Å². The molecular weight excluding hydrogens is 486 g/mol. The van der Waals surface area contributed by atoms with E-state index in [1.54, 1.807) is 23.9 Å². The Labute approximate surface area is 197 Å². The normalized spacial score (nSPS) is 16.9. The maximum atomic E-state index is 14.1. The molecule has 1 aliphatic rings. The first-order valence-corrected chi connectivity index (χ1v) is 11.8. The van der Waals surface area contributed by atoms with Crippen LogP contribution in [0.5, 0.6) is 0 Å². The van der Waals surface area contributed by atoms with Crippen LogP contribution in [0.1, 0.15) is 29.0 Å². The van der Waals surface area contributed by atoms with Crippen LogP contribution in [0.25, 0.3) is 10.8 Å². The molecule has 5 rings (SSSR count). The maximum absolute atomic E-state index is 14.1. The van der Waals surface area contributed by atoms with Crippen LogP contribution < -0.4 is 10.9 Å². The molecule has 1 aliphatic heterocycles. The van der Waals surface area contributed by atoms with E-state index in [0.717, 1.165) is 5.56 Å². The van der Waals surface area contributed by atoms with Crippen LogP contribution in [0.3, 0.4) is 0 Å². The minimum Gasteiger partial charge on any atom is -0.395 e. The van der Waals surface area contributed by atoms with Crippen molar-refractivity contribution in [2.24, 2.45) is 7.05 Å². The SMILES string of the molecule is Cn1ncnc1[C@H]1c2n[nH]c(=O)c3cc(F)cc(c23)N[C@@H]1c1ccc(F)cc1.O=S(=O)(O)CCO. The van der Waals surface area contributed by atoms with Gasteiger partial charge in [0, 0.05) is 18.1 Å². The third-order valence-electron chi connectivity index (χ3n) is 5.42. The molecule has 0 bridgehead atoms. The molecule has 3 heterocycles. The lowest BCUT2D eigenvalue weighted by molar-refractivity contribution is 0.315. The largest absolute Gasteiger partial charge is 0.395 e. The Morgan fingerprint density at radius 2 is 1.86 bits per heavy atom. The number of aliphatic hydroxyl groups is 1. The van der Waals surface area contributed by atoms with Gasteiger partial charge in [0.2, 0.25) is 0 Å². The van der Waals surface area contributed by atoms with Crippen LogP contribution in [0.2, 0.25) is 0 Å². The number of hydrogen-bond donors (Lipinski definition) is 4. The molecule has 0 unspecified atom stereocenters. The van der Waals surface area contributed by atoms with E-state index in [1.807, 2.05) is 0 Å². The molecule has 2 aromatic carbocycles. The van der Waals surface area contributed by atoms with Crippen LogP contribution in [-0.4, -0.2) is 55.4 Å². The number of nitrogens with zero attached hydrogens (tertiary/aromatic N) is 4. The van der Waals surface area contributed by atoms with Crippen LogP contribution in [0.4, 0.5) is 14.5 Å². The predicted octanol–water partition coefficient (Wildman–Crippen LogP) is 1.49. The van der Waals surface area contributed by atoms with Crippen LogP contribution in [-0.2, 0) is 17.2 Å². The van der Waals surface area contributed by atoms with Gasteiger partial charge in [-0.15, -0.1) is 0 Å². The van der Waals surface area contributed by atoms with Crippen molar-refractivity contribution in [3.05, 3.63) is 81.8 Å². The number of aryl methyl sites for hydroxylation is 1. The van der Waals surface area contributed by atoms with Crippen LogP contribution in [0.15, 0.2) is 47.5 Å². The smallest absolute Gasteiger partial charge is 0.272 e. The lowest BCUT2D eigenvalue weighted by atomic mass is 9.83. The Hall–Kier alpha value is -3.75. The van der Waals surface area contributed by atoms with Crippen molar-refractivity contribution in [2.75, 3.05) is 17.7 Å². The summed E-state index contributed by atoms with van der Waals surface area (Å²) in [5.41, 5.74) is 1.30. The van der Waals surface area contributed by atoms with Crippen molar-refractivity contribution >= 4 is 26.6 Å². The summed E-state index contributed by atoms with van der Waals surface area (Å²) in [6.45, 7) is -0.529. The second kappa shape index (κ2) is 9.48. The Morgan fingerprint density at radius 3 is 2.43 bits per heavy atom. The summed E-state index contributed by atoms with van der Waals surface area (Å²) in [6.07, 6.45) is 1.43. The molecule has 2 atom stereocenters. The molecule has 0 spiro atoms. The number of benzene rings is 2. The van der Waals surface area contributed by atoms with E-state index in [4.69, 9.17) is 9.66 Å². The first-order valence-electron chi connectivity index (χ1n) is 10.2. The number of aromatic amines is 1. The zero-order valence-corrected chi connectivity index (χ0v) is 19.0. The molecule has 4 N–H and O–H groups in total. The fourth-order valence-corrected chi connectivity index (χ4v) is 4.19. The van der Waals surface area contributed by atoms with E-state index in [0.29, 0.717) is 22.6 Å². The third-order valence-corrected chi connectivity index (χ3v) is 6.12. The van der Waals surface area contributed by atoms with Crippen LogP contribution in [0, 0.1) is 11.6 Å². The van der Waals surface area contributed by atoms with Gasteiger partial charge in [-0.05, 0) is 29.8 Å². The van der Waals surface area contributed by atoms with Gasteiger partial charge in [0.25, 0.3) is 15.7 Å². The highest BCUT2D eigenvalue weighted by atomic mass is 32.2. The highest BCUT2D eigenvalue weighted by Gasteiger charge is 2.37. The van der Waals surface area contributed by atoms with Crippen molar-refractivity contribution in [1.82, 2.24) is 25.0 Å². The van der Waals surface area contributed by atoms with Gasteiger partial charge < -0.3 is 10.4 Å². The lowest BCUT2D eigenvalue weighted by Crippen LogP contribution is -2.30. The number of halogens is 2. The third kappa shape index (κ3) is 5.03. The van der Waals surface area contributed by atoms with Crippen molar-refractivity contribution in [3.8, 4) is 0 Å². The number of anilines is 1. The molecule has 0 saturated heterocycles. The Balaban J connectivity index is 0.000000364. The zero-order valence-electron chi connectivity index (χ0n) is 18.2. The van der Waals surface area contributed by atoms with Gasteiger partial charge in [0.05, 0.1) is 35.4 Å². The van der Waals surface area contributed by atoms with Crippen LogP contribution >= 0.6 is 0 Å². The fourth-order valence-electron chi connectivity index (χ4n) is 3.96. The maximum Gasteiger partial charge on any atom is 0.272 e. The molecule has 35 heavy (non-hydrogen) atoms. The minimum atomic E-state index is -3.92. The number of aromatic nitrogens is 5. The molecular formula is C21H20F2N6O5S. The predicted molar refractivity (Wildman–Crippen MR) is 121 cm³/mol. The van der Waals surface area contributed by atoms with E-state index < -0.39 is 45.8 Å². The molecule has 14 heteroatoms. The molecule has 11 nitrogen and oxygen atoms in total. The van der Waals surface area contributed by atoms with Gasteiger partial charge in [0.15, 0.2) is 0 Å². The summed E-state index contributed by atoms with van der Waals surface area (Å²) in [5.74, 6) is -1.29. The first kappa shape index (κ1) is 24.4. The quantitative estimate of drug-likeness (QED) is 0.300. The number of H-pyrrole nitrogens is 1. The van der Waals surface area contributed by atoms with Gasteiger partial charge in [-0.25, -0.2) is 18.9 Å². The zero-order chi connectivity index (χ0) is 25.3. The van der Waals surface area contributed by atoms with E-state index in [2.05, 4.69) is 25.6 Å². The fraction of sp³-hybridized carbons (Fsp3) is 0.238. The monoisotopic (exact) mass is 506 g/mol. The summed E-state index contributed by atoms with van der Waals surface area (Å²) >= 11 is 0. The summed E-state index contributed by atoms with van der Waals surface area (Å²) in [7, 11) is -2.17. The topological polar surface area (TPSA) is 163 Å². The lowest BCUT2D eigenvalue weighted by Gasteiger charge is -2.33. The molecule has 4 aromatic rings. The van der Waals surface area contributed by atoms with Gasteiger partial charge in [-0.1, -0.05) is 12.1 Å². The summed E-state index contributed by atoms with van der Waals surface area (Å²) < 4.78 is 56.3. The van der Waals surface area contributed by atoms with E-state index in [-0.39, 0.29) is 11.2 Å². The molecule has 184 valence electrons. The standard InChI is InChI=1S/C19H14F2N6O.C2H6O4S/c1-27-18(22-8-23-27)15-16(9-2-4-10(20)5-3-9)24-13-7-11(21)6-12-14(13)17(15)25-26-19(12)28;3-1-2-7(4,5)6/h2-8,15-16,24H,1H3,(H,26,28);3H,1-2H2,(H,4,5,6)/t15-,16-;/m1./s1. The van der Waals surface area contributed by atoms with Crippen molar-refractivity contribution in [3.63, 3.8) is 0 Å². The van der Waals surface area contributed by atoms with E-state index in [1.165, 1.54) is 30.6 Å². The van der Waals surface area contributed by atoms with Crippen molar-refractivity contribution < 1.29 is 26.9 Å². The average Bonchev–Trinajstić information content (AvgIpc) is 3.21. The Bertz CT molecular complexity index is 1540. The second-order valence-corrected chi connectivity index (χ2v) is 9.29. The number of nitrogens with one attached hydrogen (secondary N) is 2. The molecule has 0 saturated carbocycles. The number of hydrogen-bond acceptors (Lipinski definition) is 8. The highest BCUT2D eigenvalue weighted by molar-refractivity contribution is 7.85. The van der Waals surface area contributed by atoms with E-state index >= 15 is 0 Å². The van der Waals surface area contributed by atoms with E-state index in [9.17, 15) is 22.0 Å². The first-order chi connectivity index (χ1) is 16.6. The van der Waals surface area contributed by atoms with Gasteiger partial charge in [-0.3, -0.25) is 14.0 Å². The summed E-state index contributed by atoms with van der Waals surface area (Å²) in [4.78, 5) is 16.6. The highest BCUT2D eigenvalue weighted by Crippen LogP contribution is 2.45. The number of rotatable bonds is 4. The van der Waals surface area contributed by atoms with Gasteiger partial charge >= 0.3 is 0 Å². The summed E-state index contributed by atoms with van der Waals surface area (Å²) in [5, 5.41) is 22.8. The Morgan fingerprint density at radius 1 is 1.14 bits per heavy atom. The summed E-state index contributed by atoms with van der Waals surface area (Å²) in [6, 6.07) is 8.14. The van der Waals surface area contributed by atoms with Gasteiger partial charge in [-0.2, -0.15) is 18.6 Å². The molecule has 0 aliphatic carbocycles. The molecule has 0 fully saturated rings. The van der Waals surface area contributed by atoms with Crippen molar-refractivity contribution in [2.45, 2.75) is 12.0 Å². The molecule has 2 aromatic heterocycles. The van der Waals surface area contributed by atoms with Gasteiger partial charge in [0.1, 0.15) is 23.8 Å². The molecule has 0 radical (unpaired) electrons. The second-order valence-electron chi connectivity index (χ2n) is 7.72. The average molecular weight is 506 g/mol. The molecule has 0 amide bonds. The Kier molecular flexibility index (Phi) is 6.60. The number of aliphatic hydroxyl groups excluding tert-OH is 1. The minimum absolute atomic E-state index is 0.206.